The number of rotatable bonds is 64. The van der Waals surface area contributed by atoms with E-state index in [4.69, 9.17) is 10.2 Å². The Morgan fingerprint density at radius 2 is 0.329 bits per heavy atom. The van der Waals surface area contributed by atoms with Gasteiger partial charge in [-0.1, -0.05) is 378 Å². The number of unbranched alkanes of at least 4 members (excludes halogenated alkanes) is 60. The van der Waals surface area contributed by atoms with Crippen LogP contribution in [0.15, 0.2) is 12.2 Å². The standard InChI is InChI=1S/C66H128O4/c67-65(68)63-61-59-57-55-53-51-49-47-45-43-41-39-37-35-33-31-29-27-25-23-21-19-17-15-13-11-9-7-5-3-1-2-4-6-8-10-12-14-16-18-20-22-24-26-28-30-32-34-36-38-40-42-44-46-48-50-52-54-56-58-60-62-64-66(69)70/h61,63H,1-60,62,64H2,(H,67,68)(H,69,70). The largest absolute Gasteiger partial charge is 0.481 e. The molecular formula is C66H128O4. The fourth-order valence-electron chi connectivity index (χ4n) is 11.0. The van der Waals surface area contributed by atoms with Gasteiger partial charge in [-0.15, -0.1) is 0 Å². The highest BCUT2D eigenvalue weighted by molar-refractivity contribution is 5.79. The van der Waals surface area contributed by atoms with Crippen LogP contribution in [0.1, 0.15) is 398 Å². The Hall–Kier alpha value is -1.32. The SMILES string of the molecule is O=C(O)C=CCCCCCCCCCCCCCCCCCCCCCCCCCCCCCCCCCCCCCCCCCCCCCCCCCCCCCCCCCCCCCCC(=O)O. The monoisotopic (exact) mass is 985 g/mol. The lowest BCUT2D eigenvalue weighted by Crippen LogP contribution is -1.93. The van der Waals surface area contributed by atoms with Crippen LogP contribution in [0.25, 0.3) is 0 Å². The highest BCUT2D eigenvalue weighted by Crippen LogP contribution is 2.20. The highest BCUT2D eigenvalue weighted by Gasteiger charge is 2.01. The summed E-state index contributed by atoms with van der Waals surface area (Å²) in [5.41, 5.74) is 0. The molecule has 0 spiro atoms. The summed E-state index contributed by atoms with van der Waals surface area (Å²) in [6.45, 7) is 0. The Morgan fingerprint density at radius 1 is 0.200 bits per heavy atom. The highest BCUT2D eigenvalue weighted by atomic mass is 16.4. The van der Waals surface area contributed by atoms with Gasteiger partial charge < -0.3 is 10.2 Å². The fraction of sp³-hybridized carbons (Fsp3) is 0.939. The summed E-state index contributed by atoms with van der Waals surface area (Å²) < 4.78 is 0. The first-order valence-corrected chi connectivity index (χ1v) is 32.7. The molecule has 0 bridgehead atoms. The second-order valence-corrected chi connectivity index (χ2v) is 22.9. The van der Waals surface area contributed by atoms with Crippen molar-refractivity contribution in [1.29, 1.82) is 0 Å². The molecule has 416 valence electrons. The Morgan fingerprint density at radius 3 is 0.457 bits per heavy atom. The summed E-state index contributed by atoms with van der Waals surface area (Å²) in [6.07, 6.45) is 89.5. The average Bonchev–Trinajstić information content (AvgIpc) is 3.35. The van der Waals surface area contributed by atoms with Crippen molar-refractivity contribution in [2.45, 2.75) is 398 Å². The van der Waals surface area contributed by atoms with Gasteiger partial charge in [-0.3, -0.25) is 4.79 Å². The summed E-state index contributed by atoms with van der Waals surface area (Å²) >= 11 is 0. The molecule has 0 aliphatic carbocycles. The van der Waals surface area contributed by atoms with Gasteiger partial charge in [-0.2, -0.15) is 0 Å². The molecule has 0 saturated carbocycles. The van der Waals surface area contributed by atoms with Crippen molar-refractivity contribution >= 4 is 11.9 Å². The predicted molar refractivity (Wildman–Crippen MR) is 311 cm³/mol. The molecule has 4 heteroatoms. The van der Waals surface area contributed by atoms with E-state index in [1.54, 1.807) is 6.08 Å². The molecule has 0 aromatic rings. The maximum atomic E-state index is 10.5. The summed E-state index contributed by atoms with van der Waals surface area (Å²) in [4.78, 5) is 21.0. The maximum absolute atomic E-state index is 10.5. The molecule has 70 heavy (non-hydrogen) atoms. The number of carbonyl (C=O) groups is 2. The molecule has 0 aliphatic heterocycles. The zero-order valence-corrected chi connectivity index (χ0v) is 47.7. The second kappa shape index (κ2) is 63.8. The second-order valence-electron chi connectivity index (χ2n) is 22.9. The predicted octanol–water partition coefficient (Wildman–Crippen LogP) is 23.9. The summed E-state index contributed by atoms with van der Waals surface area (Å²) in [7, 11) is 0. The van der Waals surface area contributed by atoms with E-state index < -0.39 is 11.9 Å². The molecule has 0 aromatic carbocycles. The van der Waals surface area contributed by atoms with Gasteiger partial charge in [0.2, 0.25) is 0 Å². The van der Waals surface area contributed by atoms with Crippen LogP contribution in [-0.4, -0.2) is 22.2 Å². The van der Waals surface area contributed by atoms with Gasteiger partial charge in [0, 0.05) is 12.5 Å². The fourth-order valence-corrected chi connectivity index (χ4v) is 11.0. The Kier molecular flexibility index (Phi) is 62.6. The van der Waals surface area contributed by atoms with Crippen molar-refractivity contribution in [1.82, 2.24) is 0 Å². The molecule has 0 aromatic heterocycles. The van der Waals surface area contributed by atoms with Crippen molar-refractivity contribution in [2.75, 3.05) is 0 Å². The number of allylic oxidation sites excluding steroid dienone is 1. The smallest absolute Gasteiger partial charge is 0.327 e. The van der Waals surface area contributed by atoms with Crippen LogP contribution in [0, 0.1) is 0 Å². The van der Waals surface area contributed by atoms with E-state index in [1.165, 1.54) is 372 Å². The molecule has 0 rings (SSSR count). The van der Waals surface area contributed by atoms with Gasteiger partial charge in [-0.25, -0.2) is 4.79 Å². The lowest BCUT2D eigenvalue weighted by atomic mass is 10.0. The lowest BCUT2D eigenvalue weighted by molar-refractivity contribution is -0.137. The molecule has 0 amide bonds. The molecule has 0 unspecified atom stereocenters. The van der Waals surface area contributed by atoms with Crippen LogP contribution in [0.3, 0.4) is 0 Å². The Balaban J connectivity index is 3.08. The number of aliphatic carboxylic acids is 2. The van der Waals surface area contributed by atoms with E-state index in [-0.39, 0.29) is 0 Å². The van der Waals surface area contributed by atoms with Crippen molar-refractivity contribution in [3.05, 3.63) is 12.2 Å². The van der Waals surface area contributed by atoms with E-state index in [0.29, 0.717) is 6.42 Å². The third kappa shape index (κ3) is 66.7. The van der Waals surface area contributed by atoms with Gasteiger partial charge in [0.25, 0.3) is 0 Å². The van der Waals surface area contributed by atoms with E-state index in [9.17, 15) is 9.59 Å². The van der Waals surface area contributed by atoms with E-state index in [2.05, 4.69) is 0 Å². The molecule has 0 heterocycles. The van der Waals surface area contributed by atoms with Crippen LogP contribution < -0.4 is 0 Å². The van der Waals surface area contributed by atoms with Crippen LogP contribution in [0.4, 0.5) is 0 Å². The average molecular weight is 986 g/mol. The first-order chi connectivity index (χ1) is 34.6. The van der Waals surface area contributed by atoms with E-state index >= 15 is 0 Å². The number of hydrogen-bond acceptors (Lipinski definition) is 2. The van der Waals surface area contributed by atoms with E-state index in [1.807, 2.05) is 0 Å². The number of carboxylic acids is 2. The van der Waals surface area contributed by atoms with Gasteiger partial charge in [-0.05, 0) is 19.3 Å². The van der Waals surface area contributed by atoms with Gasteiger partial charge >= 0.3 is 11.9 Å². The Labute approximate surface area is 440 Å². The zero-order valence-electron chi connectivity index (χ0n) is 47.7. The quantitative estimate of drug-likeness (QED) is 0.0470. The molecule has 0 fully saturated rings. The Bertz CT molecular complexity index is 1010. The minimum atomic E-state index is -0.828. The first-order valence-electron chi connectivity index (χ1n) is 32.7. The first kappa shape index (κ1) is 68.7. The van der Waals surface area contributed by atoms with Gasteiger partial charge in [0.15, 0.2) is 0 Å². The lowest BCUT2D eigenvalue weighted by Gasteiger charge is -2.05. The molecular weight excluding hydrogens is 857 g/mol. The molecule has 0 atom stereocenters. The third-order valence-corrected chi connectivity index (χ3v) is 15.8. The van der Waals surface area contributed by atoms with Crippen molar-refractivity contribution in [3.63, 3.8) is 0 Å². The van der Waals surface area contributed by atoms with Crippen molar-refractivity contribution in [2.24, 2.45) is 0 Å². The van der Waals surface area contributed by atoms with Crippen LogP contribution in [0.5, 0.6) is 0 Å². The van der Waals surface area contributed by atoms with E-state index in [0.717, 1.165) is 25.7 Å². The molecule has 0 saturated heterocycles. The topological polar surface area (TPSA) is 74.6 Å². The van der Waals surface area contributed by atoms with Crippen molar-refractivity contribution in [3.8, 4) is 0 Å². The summed E-state index contributed by atoms with van der Waals surface area (Å²) in [5, 5.41) is 17.3. The molecule has 0 aliphatic rings. The summed E-state index contributed by atoms with van der Waals surface area (Å²) in [6, 6.07) is 0. The maximum Gasteiger partial charge on any atom is 0.327 e. The summed E-state index contributed by atoms with van der Waals surface area (Å²) in [5.74, 6) is -1.48. The van der Waals surface area contributed by atoms with Crippen LogP contribution in [-0.2, 0) is 9.59 Å². The normalized spacial score (nSPS) is 11.7. The molecule has 0 radical (unpaired) electrons. The minimum Gasteiger partial charge on any atom is -0.481 e. The van der Waals surface area contributed by atoms with Gasteiger partial charge in [0.1, 0.15) is 0 Å². The van der Waals surface area contributed by atoms with Crippen LogP contribution >= 0.6 is 0 Å². The number of carboxylic acid groups (broad SMARTS) is 2. The minimum absolute atomic E-state index is 0.345. The van der Waals surface area contributed by atoms with Gasteiger partial charge in [0.05, 0.1) is 0 Å². The van der Waals surface area contributed by atoms with Crippen LogP contribution in [0.2, 0.25) is 0 Å². The number of hydrogen-bond donors (Lipinski definition) is 2. The van der Waals surface area contributed by atoms with Crippen molar-refractivity contribution < 1.29 is 19.8 Å². The zero-order chi connectivity index (χ0) is 50.4. The molecule has 2 N–H and O–H groups in total. The third-order valence-electron chi connectivity index (χ3n) is 15.8. The molecule has 4 nitrogen and oxygen atoms in total.